The molecule has 18 heavy (non-hydrogen) atoms. The molecule has 0 aromatic heterocycles. The maximum atomic E-state index is 12.3. The van der Waals surface area contributed by atoms with E-state index >= 15 is 0 Å². The Balaban J connectivity index is 1.96. The Labute approximate surface area is 111 Å². The number of hydrogen-bond acceptors (Lipinski definition) is 3. The maximum Gasteiger partial charge on any atom is 0.217 e. The molecule has 5 atom stereocenters. The second-order valence-corrected chi connectivity index (χ2v) is 7.96. The van der Waals surface area contributed by atoms with E-state index in [9.17, 15) is 8.42 Å². The van der Waals surface area contributed by atoms with E-state index in [1.807, 2.05) is 6.92 Å². The molecule has 0 unspecified atom stereocenters. The molecular formula is C13H25NO3S. The Hall–Kier alpha value is -0.130. The lowest BCUT2D eigenvalue weighted by Crippen LogP contribution is -2.45. The smallest absolute Gasteiger partial charge is 0.217 e. The quantitative estimate of drug-likeness (QED) is 0.856. The Morgan fingerprint density at radius 3 is 2.33 bits per heavy atom. The van der Waals surface area contributed by atoms with Gasteiger partial charge >= 0.3 is 0 Å². The van der Waals surface area contributed by atoms with Gasteiger partial charge in [0, 0.05) is 12.6 Å². The number of ether oxygens (including phenoxy) is 1. The van der Waals surface area contributed by atoms with Gasteiger partial charge in [-0.25, -0.2) is 13.1 Å². The van der Waals surface area contributed by atoms with Gasteiger partial charge in [-0.1, -0.05) is 13.8 Å². The SMILES string of the molecule is C[C@@H]1CC[C@H](NS(=O)(=O)[C@@H]2CCO[C@H]2C)C[C@H]1C. The summed E-state index contributed by atoms with van der Waals surface area (Å²) in [5.41, 5.74) is 0. The van der Waals surface area contributed by atoms with Crippen molar-refractivity contribution in [2.45, 2.75) is 63.9 Å². The molecule has 0 bridgehead atoms. The van der Waals surface area contributed by atoms with Crippen LogP contribution in [0.3, 0.4) is 0 Å². The van der Waals surface area contributed by atoms with Crippen LogP contribution in [0.15, 0.2) is 0 Å². The Bertz CT molecular complexity index is 382. The number of rotatable bonds is 3. The summed E-state index contributed by atoms with van der Waals surface area (Å²) >= 11 is 0. The lowest BCUT2D eigenvalue weighted by molar-refractivity contribution is 0.126. The van der Waals surface area contributed by atoms with Gasteiger partial charge < -0.3 is 4.74 Å². The zero-order valence-corrected chi connectivity index (χ0v) is 12.4. The first-order valence-electron chi connectivity index (χ1n) is 7.03. The summed E-state index contributed by atoms with van der Waals surface area (Å²) in [4.78, 5) is 0. The van der Waals surface area contributed by atoms with Crippen LogP contribution in [-0.2, 0) is 14.8 Å². The van der Waals surface area contributed by atoms with Crippen LogP contribution in [0.5, 0.6) is 0 Å². The Morgan fingerprint density at radius 1 is 1.06 bits per heavy atom. The summed E-state index contributed by atoms with van der Waals surface area (Å²) < 4.78 is 32.9. The highest BCUT2D eigenvalue weighted by molar-refractivity contribution is 7.90. The van der Waals surface area contributed by atoms with E-state index in [4.69, 9.17) is 4.74 Å². The average Bonchev–Trinajstić information content (AvgIpc) is 2.70. The number of nitrogens with one attached hydrogen (secondary N) is 1. The zero-order valence-electron chi connectivity index (χ0n) is 11.6. The second kappa shape index (κ2) is 5.47. The summed E-state index contributed by atoms with van der Waals surface area (Å²) in [7, 11) is -3.22. The molecule has 4 nitrogen and oxygen atoms in total. The van der Waals surface area contributed by atoms with Crippen molar-refractivity contribution in [3.63, 3.8) is 0 Å². The molecule has 2 rings (SSSR count). The molecule has 5 heteroatoms. The van der Waals surface area contributed by atoms with Gasteiger partial charge in [0.1, 0.15) is 5.25 Å². The molecule has 1 N–H and O–H groups in total. The third-order valence-electron chi connectivity index (χ3n) is 4.63. The van der Waals surface area contributed by atoms with E-state index in [-0.39, 0.29) is 17.4 Å². The first kappa shape index (κ1) is 14.3. The number of hydrogen-bond donors (Lipinski definition) is 1. The van der Waals surface area contributed by atoms with E-state index in [0.29, 0.717) is 24.9 Å². The first-order chi connectivity index (χ1) is 8.40. The molecule has 0 spiro atoms. The predicted octanol–water partition coefficient (Wildman–Crippen LogP) is 1.91. The standard InChI is InChI=1S/C13H25NO3S/c1-9-4-5-12(8-10(9)2)14-18(15,16)13-6-7-17-11(13)3/h9-14H,4-8H2,1-3H3/t9-,10-,11+,12+,13-/m1/s1. The van der Waals surface area contributed by atoms with E-state index in [1.165, 1.54) is 0 Å². The minimum atomic E-state index is -3.22. The van der Waals surface area contributed by atoms with Crippen LogP contribution in [0.1, 0.15) is 46.5 Å². The van der Waals surface area contributed by atoms with Crippen molar-refractivity contribution < 1.29 is 13.2 Å². The Kier molecular flexibility index (Phi) is 4.34. The van der Waals surface area contributed by atoms with Crippen molar-refractivity contribution in [1.29, 1.82) is 0 Å². The van der Waals surface area contributed by atoms with Crippen LogP contribution in [0.4, 0.5) is 0 Å². The van der Waals surface area contributed by atoms with Gasteiger partial charge in [0.25, 0.3) is 0 Å². The summed E-state index contributed by atoms with van der Waals surface area (Å²) in [6.07, 6.45) is 3.48. The largest absolute Gasteiger partial charge is 0.377 e. The molecule has 1 aliphatic heterocycles. The van der Waals surface area contributed by atoms with Gasteiger partial charge in [-0.15, -0.1) is 0 Å². The van der Waals surface area contributed by atoms with Crippen LogP contribution in [0.2, 0.25) is 0 Å². The zero-order chi connectivity index (χ0) is 13.3. The highest BCUT2D eigenvalue weighted by Gasteiger charge is 2.38. The molecule has 1 saturated carbocycles. The molecule has 0 aromatic rings. The molecule has 0 radical (unpaired) electrons. The molecular weight excluding hydrogens is 250 g/mol. The first-order valence-corrected chi connectivity index (χ1v) is 8.57. The van der Waals surface area contributed by atoms with Crippen molar-refractivity contribution in [2.75, 3.05) is 6.61 Å². The van der Waals surface area contributed by atoms with Crippen molar-refractivity contribution in [3.05, 3.63) is 0 Å². The topological polar surface area (TPSA) is 55.4 Å². The van der Waals surface area contributed by atoms with Crippen molar-refractivity contribution >= 4 is 10.0 Å². The molecule has 1 aliphatic carbocycles. The number of sulfonamides is 1. The highest BCUT2D eigenvalue weighted by Crippen LogP contribution is 2.30. The molecule has 1 heterocycles. The van der Waals surface area contributed by atoms with Crippen LogP contribution >= 0.6 is 0 Å². The fraction of sp³-hybridized carbons (Fsp3) is 1.00. The third-order valence-corrected chi connectivity index (χ3v) is 6.71. The third kappa shape index (κ3) is 3.06. The predicted molar refractivity (Wildman–Crippen MR) is 71.8 cm³/mol. The monoisotopic (exact) mass is 275 g/mol. The normalized spacial score (nSPS) is 42.1. The van der Waals surface area contributed by atoms with Gasteiger partial charge in [-0.2, -0.15) is 0 Å². The lowest BCUT2D eigenvalue weighted by atomic mass is 9.79. The summed E-state index contributed by atoms with van der Waals surface area (Å²) in [5, 5.41) is -0.368. The van der Waals surface area contributed by atoms with E-state index in [2.05, 4.69) is 18.6 Å². The highest BCUT2D eigenvalue weighted by atomic mass is 32.2. The van der Waals surface area contributed by atoms with Crippen molar-refractivity contribution in [1.82, 2.24) is 4.72 Å². The molecule has 0 amide bonds. The molecule has 2 fully saturated rings. The molecule has 1 saturated heterocycles. The second-order valence-electron chi connectivity index (χ2n) is 6.03. The minimum Gasteiger partial charge on any atom is -0.377 e. The van der Waals surface area contributed by atoms with Crippen LogP contribution in [-0.4, -0.2) is 32.4 Å². The fourth-order valence-corrected chi connectivity index (χ4v) is 4.94. The van der Waals surface area contributed by atoms with Gasteiger partial charge in [0.15, 0.2) is 0 Å². The average molecular weight is 275 g/mol. The van der Waals surface area contributed by atoms with Crippen molar-refractivity contribution in [3.8, 4) is 0 Å². The summed E-state index contributed by atoms with van der Waals surface area (Å²) in [5.74, 6) is 1.31. The van der Waals surface area contributed by atoms with Gasteiger partial charge in [-0.3, -0.25) is 0 Å². The summed E-state index contributed by atoms with van der Waals surface area (Å²) in [6.45, 7) is 6.88. The lowest BCUT2D eigenvalue weighted by Gasteiger charge is -2.33. The van der Waals surface area contributed by atoms with Gasteiger partial charge in [0.05, 0.1) is 6.10 Å². The molecule has 0 aromatic carbocycles. The van der Waals surface area contributed by atoms with Gasteiger partial charge in [0.2, 0.25) is 10.0 Å². The van der Waals surface area contributed by atoms with Crippen LogP contribution in [0.25, 0.3) is 0 Å². The van der Waals surface area contributed by atoms with E-state index in [0.717, 1.165) is 19.3 Å². The molecule has 2 aliphatic rings. The van der Waals surface area contributed by atoms with E-state index < -0.39 is 10.0 Å². The van der Waals surface area contributed by atoms with Crippen molar-refractivity contribution in [2.24, 2.45) is 11.8 Å². The van der Waals surface area contributed by atoms with Gasteiger partial charge in [-0.05, 0) is 44.4 Å². The molecule has 106 valence electrons. The minimum absolute atomic E-state index is 0.119. The fourth-order valence-electron chi connectivity index (χ4n) is 3.09. The Morgan fingerprint density at radius 2 is 1.78 bits per heavy atom. The maximum absolute atomic E-state index is 12.3. The van der Waals surface area contributed by atoms with E-state index in [1.54, 1.807) is 0 Å². The van der Waals surface area contributed by atoms with Crippen LogP contribution < -0.4 is 4.72 Å². The summed E-state index contributed by atoms with van der Waals surface area (Å²) in [6, 6.07) is 0.119. The van der Waals surface area contributed by atoms with Crippen LogP contribution in [0, 0.1) is 11.8 Å².